The molecule has 0 aromatic heterocycles. The lowest BCUT2D eigenvalue weighted by molar-refractivity contribution is 0.313. The van der Waals surface area contributed by atoms with E-state index in [9.17, 15) is 8.42 Å². The summed E-state index contributed by atoms with van der Waals surface area (Å²) in [7, 11) is -3.32. The van der Waals surface area contributed by atoms with E-state index in [1.807, 2.05) is 18.2 Å². The van der Waals surface area contributed by atoms with E-state index in [1.54, 1.807) is 0 Å². The van der Waals surface area contributed by atoms with Gasteiger partial charge in [0, 0.05) is 13.1 Å². The van der Waals surface area contributed by atoms with Crippen LogP contribution in [-0.4, -0.2) is 36.7 Å². The number of sulfonamides is 1. The third kappa shape index (κ3) is 2.86. The molecule has 0 saturated carbocycles. The molecule has 0 fully saturated rings. The van der Waals surface area contributed by atoms with E-state index < -0.39 is 10.0 Å². The SMILES string of the molecule is O=S(=O)(CCO)N1CCCc2ccccc2C1. The molecule has 1 aromatic carbocycles. The number of aryl methyl sites for hydroxylation is 1. The fourth-order valence-electron chi connectivity index (χ4n) is 2.15. The van der Waals surface area contributed by atoms with Crippen LogP contribution in [0.4, 0.5) is 0 Å². The summed E-state index contributed by atoms with van der Waals surface area (Å²) < 4.78 is 25.3. The first kappa shape index (κ1) is 12.5. The molecule has 0 atom stereocenters. The van der Waals surface area contributed by atoms with Gasteiger partial charge in [0.25, 0.3) is 0 Å². The fourth-order valence-corrected chi connectivity index (χ4v) is 3.38. The van der Waals surface area contributed by atoms with Crippen molar-refractivity contribution < 1.29 is 13.5 Å². The normalized spacial score (nSPS) is 17.5. The second-order valence-electron chi connectivity index (χ2n) is 4.25. The number of hydrogen-bond acceptors (Lipinski definition) is 3. The Bertz CT molecular complexity index is 484. The number of fused-ring (bicyclic) bond motifs is 1. The molecule has 0 bridgehead atoms. The van der Waals surface area contributed by atoms with Crippen LogP contribution in [0.2, 0.25) is 0 Å². The molecule has 0 aliphatic carbocycles. The predicted octanol–water partition coefficient (Wildman–Crippen LogP) is 0.757. The van der Waals surface area contributed by atoms with Crippen molar-refractivity contribution in [1.29, 1.82) is 0 Å². The Hall–Kier alpha value is -0.910. The summed E-state index contributed by atoms with van der Waals surface area (Å²) in [6.45, 7) is 0.649. The van der Waals surface area contributed by atoms with Crippen LogP contribution >= 0.6 is 0 Å². The second-order valence-corrected chi connectivity index (χ2v) is 6.33. The van der Waals surface area contributed by atoms with Gasteiger partial charge in [-0.3, -0.25) is 0 Å². The minimum atomic E-state index is -3.32. The fraction of sp³-hybridized carbons (Fsp3) is 0.500. The van der Waals surface area contributed by atoms with Gasteiger partial charge >= 0.3 is 0 Å². The monoisotopic (exact) mass is 255 g/mol. The molecule has 17 heavy (non-hydrogen) atoms. The Morgan fingerprint density at radius 2 is 1.94 bits per heavy atom. The van der Waals surface area contributed by atoms with Crippen LogP contribution in [-0.2, 0) is 23.0 Å². The van der Waals surface area contributed by atoms with Gasteiger partial charge in [-0.05, 0) is 24.0 Å². The van der Waals surface area contributed by atoms with Gasteiger partial charge < -0.3 is 5.11 Å². The lowest BCUT2D eigenvalue weighted by atomic mass is 10.0. The van der Waals surface area contributed by atoms with Gasteiger partial charge in [0.15, 0.2) is 0 Å². The van der Waals surface area contributed by atoms with Crippen molar-refractivity contribution in [1.82, 2.24) is 4.31 Å². The molecule has 0 spiro atoms. The minimum Gasteiger partial charge on any atom is -0.395 e. The first-order valence-electron chi connectivity index (χ1n) is 5.79. The average Bonchev–Trinajstić information content (AvgIpc) is 2.51. The molecule has 1 N–H and O–H groups in total. The predicted molar refractivity (Wildman–Crippen MR) is 66.0 cm³/mol. The number of benzene rings is 1. The molecule has 0 unspecified atom stereocenters. The second kappa shape index (κ2) is 5.16. The molecule has 0 radical (unpaired) electrons. The lowest BCUT2D eigenvalue weighted by Gasteiger charge is -2.19. The highest BCUT2D eigenvalue weighted by molar-refractivity contribution is 7.89. The average molecular weight is 255 g/mol. The van der Waals surface area contributed by atoms with Crippen molar-refractivity contribution in [2.45, 2.75) is 19.4 Å². The maximum Gasteiger partial charge on any atom is 0.216 e. The standard InChI is InChI=1S/C12H17NO3S/c14-8-9-17(15,16)13-7-3-6-11-4-1-2-5-12(11)10-13/h1-2,4-5,14H,3,6-10H2. The quantitative estimate of drug-likeness (QED) is 0.867. The van der Waals surface area contributed by atoms with Crippen molar-refractivity contribution in [2.75, 3.05) is 18.9 Å². The van der Waals surface area contributed by atoms with E-state index in [0.717, 1.165) is 18.4 Å². The lowest BCUT2D eigenvalue weighted by Crippen LogP contribution is -2.33. The largest absolute Gasteiger partial charge is 0.395 e. The third-order valence-corrected chi connectivity index (χ3v) is 4.86. The van der Waals surface area contributed by atoms with E-state index in [-0.39, 0.29) is 12.4 Å². The maximum atomic E-state index is 11.9. The van der Waals surface area contributed by atoms with Crippen LogP contribution in [0.15, 0.2) is 24.3 Å². The van der Waals surface area contributed by atoms with E-state index in [2.05, 4.69) is 6.07 Å². The molecule has 2 rings (SSSR count). The van der Waals surface area contributed by atoms with Crippen LogP contribution in [0.3, 0.4) is 0 Å². The molecule has 1 aliphatic heterocycles. The van der Waals surface area contributed by atoms with Crippen molar-refractivity contribution in [3.8, 4) is 0 Å². The van der Waals surface area contributed by atoms with Gasteiger partial charge in [0.05, 0.1) is 12.4 Å². The van der Waals surface area contributed by atoms with Gasteiger partial charge in [0.2, 0.25) is 10.0 Å². The van der Waals surface area contributed by atoms with E-state index >= 15 is 0 Å². The first-order chi connectivity index (χ1) is 8.13. The number of rotatable bonds is 3. The Labute approximate surface area is 102 Å². The highest BCUT2D eigenvalue weighted by atomic mass is 32.2. The summed E-state index contributed by atoms with van der Waals surface area (Å²) >= 11 is 0. The molecule has 5 heteroatoms. The minimum absolute atomic E-state index is 0.185. The number of aliphatic hydroxyl groups excluding tert-OH is 1. The van der Waals surface area contributed by atoms with Gasteiger partial charge in [-0.25, -0.2) is 8.42 Å². The molecule has 4 nitrogen and oxygen atoms in total. The van der Waals surface area contributed by atoms with Crippen molar-refractivity contribution in [3.63, 3.8) is 0 Å². The van der Waals surface area contributed by atoms with E-state index in [0.29, 0.717) is 13.1 Å². The van der Waals surface area contributed by atoms with Crippen LogP contribution in [0, 0.1) is 0 Å². The van der Waals surface area contributed by atoms with Crippen LogP contribution in [0.1, 0.15) is 17.5 Å². The zero-order chi connectivity index (χ0) is 12.3. The Kier molecular flexibility index (Phi) is 3.81. The van der Waals surface area contributed by atoms with E-state index in [1.165, 1.54) is 9.87 Å². The van der Waals surface area contributed by atoms with Gasteiger partial charge in [-0.1, -0.05) is 24.3 Å². The highest BCUT2D eigenvalue weighted by Gasteiger charge is 2.24. The van der Waals surface area contributed by atoms with Crippen molar-refractivity contribution in [3.05, 3.63) is 35.4 Å². The first-order valence-corrected chi connectivity index (χ1v) is 7.40. The Balaban J connectivity index is 2.24. The van der Waals surface area contributed by atoms with Gasteiger partial charge in [-0.15, -0.1) is 0 Å². The summed E-state index contributed by atoms with van der Waals surface area (Å²) in [5.74, 6) is -0.185. The summed E-state index contributed by atoms with van der Waals surface area (Å²) in [5.41, 5.74) is 2.31. The molecule has 1 aliphatic rings. The Morgan fingerprint density at radius 3 is 2.65 bits per heavy atom. The van der Waals surface area contributed by atoms with Crippen molar-refractivity contribution in [2.24, 2.45) is 0 Å². The summed E-state index contributed by atoms with van der Waals surface area (Å²) in [5, 5.41) is 8.79. The summed E-state index contributed by atoms with van der Waals surface area (Å²) in [6.07, 6.45) is 1.75. The molecule has 1 aromatic rings. The zero-order valence-electron chi connectivity index (χ0n) is 9.67. The summed E-state index contributed by atoms with van der Waals surface area (Å²) in [6, 6.07) is 7.94. The number of aliphatic hydroxyl groups is 1. The van der Waals surface area contributed by atoms with Crippen LogP contribution in [0.25, 0.3) is 0 Å². The van der Waals surface area contributed by atoms with Crippen molar-refractivity contribution >= 4 is 10.0 Å². The smallest absolute Gasteiger partial charge is 0.216 e. The highest BCUT2D eigenvalue weighted by Crippen LogP contribution is 2.20. The van der Waals surface area contributed by atoms with Crippen LogP contribution < -0.4 is 0 Å². The van der Waals surface area contributed by atoms with Gasteiger partial charge in [0.1, 0.15) is 0 Å². The maximum absolute atomic E-state index is 11.9. The molecule has 1 heterocycles. The van der Waals surface area contributed by atoms with Gasteiger partial charge in [-0.2, -0.15) is 4.31 Å². The van der Waals surface area contributed by atoms with Crippen LogP contribution in [0.5, 0.6) is 0 Å². The molecule has 94 valence electrons. The number of nitrogens with zero attached hydrogens (tertiary/aromatic N) is 1. The Morgan fingerprint density at radius 1 is 1.24 bits per heavy atom. The zero-order valence-corrected chi connectivity index (χ0v) is 10.5. The third-order valence-electron chi connectivity index (χ3n) is 3.06. The molecule has 0 amide bonds. The summed E-state index contributed by atoms with van der Waals surface area (Å²) in [4.78, 5) is 0. The molecular weight excluding hydrogens is 238 g/mol. The molecule has 0 saturated heterocycles. The number of hydrogen-bond donors (Lipinski definition) is 1. The molecular formula is C12H17NO3S. The topological polar surface area (TPSA) is 57.6 Å². The van der Waals surface area contributed by atoms with E-state index in [4.69, 9.17) is 5.11 Å².